The van der Waals surface area contributed by atoms with Crippen molar-refractivity contribution < 1.29 is 19.0 Å². The zero-order valence-electron chi connectivity index (χ0n) is 9.95. The van der Waals surface area contributed by atoms with Crippen LogP contribution in [0.3, 0.4) is 0 Å². The van der Waals surface area contributed by atoms with E-state index in [1.54, 1.807) is 6.07 Å². The first-order chi connectivity index (χ1) is 8.52. The molecule has 2 N–H and O–H groups in total. The number of aliphatic hydroxyl groups excluding tert-OH is 1. The molecule has 0 saturated carbocycles. The third-order valence-electron chi connectivity index (χ3n) is 2.26. The smallest absolute Gasteiger partial charge is 0.258 e. The monoisotopic (exact) mass is 319 g/mol. The molecule has 0 heterocycles. The van der Waals surface area contributed by atoms with Crippen LogP contribution in [-0.2, 0) is 4.79 Å². The van der Waals surface area contributed by atoms with Gasteiger partial charge in [-0.15, -0.1) is 0 Å². The van der Waals surface area contributed by atoms with Gasteiger partial charge in [-0.05, 0) is 24.6 Å². The second-order valence-corrected chi connectivity index (χ2v) is 4.65. The van der Waals surface area contributed by atoms with E-state index in [1.165, 1.54) is 12.1 Å². The van der Waals surface area contributed by atoms with Crippen molar-refractivity contribution in [2.75, 3.05) is 13.2 Å². The maximum Gasteiger partial charge on any atom is 0.258 e. The number of carbonyl (C=O) groups is 1. The largest absolute Gasteiger partial charge is 0.481 e. The number of hydrogen-bond acceptors (Lipinski definition) is 3. The summed E-state index contributed by atoms with van der Waals surface area (Å²) in [6.07, 6.45) is -0.0129. The highest BCUT2D eigenvalue weighted by Gasteiger charge is 2.08. The van der Waals surface area contributed by atoms with Crippen molar-refractivity contribution in [1.29, 1.82) is 0 Å². The predicted molar refractivity (Wildman–Crippen MR) is 68.9 cm³/mol. The quantitative estimate of drug-likeness (QED) is 0.841. The Balaban J connectivity index is 2.38. The highest BCUT2D eigenvalue weighted by molar-refractivity contribution is 9.10. The van der Waals surface area contributed by atoms with Crippen LogP contribution in [0.4, 0.5) is 4.39 Å². The second-order valence-electron chi connectivity index (χ2n) is 3.73. The Morgan fingerprint density at radius 2 is 2.33 bits per heavy atom. The lowest BCUT2D eigenvalue weighted by Gasteiger charge is -2.10. The summed E-state index contributed by atoms with van der Waals surface area (Å²) in [5.74, 6) is -0.917. The molecule has 4 nitrogen and oxygen atoms in total. The summed E-state index contributed by atoms with van der Waals surface area (Å²) in [7, 11) is 0. The molecule has 18 heavy (non-hydrogen) atoms. The van der Waals surface area contributed by atoms with Crippen LogP contribution in [0.2, 0.25) is 0 Å². The van der Waals surface area contributed by atoms with Crippen LogP contribution >= 0.6 is 15.9 Å². The van der Waals surface area contributed by atoms with E-state index in [4.69, 9.17) is 4.74 Å². The summed E-state index contributed by atoms with van der Waals surface area (Å²) in [6, 6.07) is 4.32. The lowest BCUT2D eigenvalue weighted by Crippen LogP contribution is -2.35. The van der Waals surface area contributed by atoms with Gasteiger partial charge in [-0.25, -0.2) is 4.39 Å². The molecule has 0 fully saturated rings. The molecule has 6 heteroatoms. The van der Waals surface area contributed by atoms with Crippen molar-refractivity contribution in [3.8, 4) is 5.75 Å². The average Bonchev–Trinajstić information content (AvgIpc) is 2.34. The number of aliphatic hydroxyl groups is 1. The minimum Gasteiger partial charge on any atom is -0.481 e. The van der Waals surface area contributed by atoms with Gasteiger partial charge in [-0.2, -0.15) is 0 Å². The summed E-state index contributed by atoms with van der Waals surface area (Å²) in [4.78, 5) is 11.3. The third-order valence-corrected chi connectivity index (χ3v) is 2.75. The molecule has 1 unspecified atom stereocenters. The van der Waals surface area contributed by atoms with Gasteiger partial charge in [0.25, 0.3) is 5.91 Å². The van der Waals surface area contributed by atoms with Crippen LogP contribution in [0.15, 0.2) is 22.7 Å². The van der Waals surface area contributed by atoms with Gasteiger partial charge in [-0.3, -0.25) is 4.79 Å². The number of halogens is 2. The van der Waals surface area contributed by atoms with Gasteiger partial charge in [0, 0.05) is 11.0 Å². The molecule has 1 aromatic carbocycles. The number of nitrogens with one attached hydrogen (secondary N) is 1. The van der Waals surface area contributed by atoms with E-state index in [0.29, 0.717) is 10.9 Å². The van der Waals surface area contributed by atoms with Crippen LogP contribution < -0.4 is 10.1 Å². The van der Waals surface area contributed by atoms with Crippen LogP contribution in [-0.4, -0.2) is 30.3 Å². The van der Waals surface area contributed by atoms with Crippen molar-refractivity contribution in [3.05, 3.63) is 28.5 Å². The minimum absolute atomic E-state index is 0.0180. The van der Waals surface area contributed by atoms with E-state index in [-0.39, 0.29) is 18.9 Å². The number of carbonyl (C=O) groups excluding carboxylic acids is 1. The maximum absolute atomic E-state index is 13.3. The molecule has 0 saturated heterocycles. The highest BCUT2D eigenvalue weighted by Crippen LogP contribution is 2.21. The van der Waals surface area contributed by atoms with E-state index < -0.39 is 17.8 Å². The Bertz CT molecular complexity index is 414. The highest BCUT2D eigenvalue weighted by atomic mass is 79.9. The summed E-state index contributed by atoms with van der Waals surface area (Å²) in [6.45, 7) is 1.70. The number of rotatable bonds is 6. The zero-order valence-corrected chi connectivity index (χ0v) is 11.5. The fourth-order valence-corrected chi connectivity index (χ4v) is 1.50. The molecule has 0 aliphatic carbocycles. The third kappa shape index (κ3) is 5.01. The lowest BCUT2D eigenvalue weighted by atomic mass is 10.3. The molecular weight excluding hydrogens is 305 g/mol. The van der Waals surface area contributed by atoms with Gasteiger partial charge in [0.1, 0.15) is 0 Å². The molecule has 1 atom stereocenters. The molecule has 0 aliphatic heterocycles. The van der Waals surface area contributed by atoms with E-state index in [2.05, 4.69) is 21.2 Å². The SMILES string of the molecule is CCC(O)CNC(=O)COc1ccc(Br)cc1F. The molecule has 0 aliphatic rings. The number of ether oxygens (including phenoxy) is 1. The van der Waals surface area contributed by atoms with Crippen molar-refractivity contribution in [2.24, 2.45) is 0 Å². The lowest BCUT2D eigenvalue weighted by molar-refractivity contribution is -0.123. The Kier molecular flexibility index (Phi) is 6.07. The standard InChI is InChI=1S/C12H15BrFNO3/c1-2-9(16)6-15-12(17)7-18-11-4-3-8(13)5-10(11)14/h3-5,9,16H,2,6-7H2,1H3,(H,15,17). The summed E-state index contributed by atoms with van der Waals surface area (Å²) >= 11 is 3.12. The molecule has 1 rings (SSSR count). The van der Waals surface area contributed by atoms with Gasteiger partial charge in [-0.1, -0.05) is 22.9 Å². The topological polar surface area (TPSA) is 58.6 Å². The molecule has 100 valence electrons. The van der Waals surface area contributed by atoms with Crippen molar-refractivity contribution >= 4 is 21.8 Å². The Hall–Kier alpha value is -1.14. The van der Waals surface area contributed by atoms with E-state index in [1.807, 2.05) is 6.92 Å². The minimum atomic E-state index is -0.571. The number of benzene rings is 1. The fourth-order valence-electron chi connectivity index (χ4n) is 1.16. The molecule has 0 bridgehead atoms. The zero-order chi connectivity index (χ0) is 13.5. The van der Waals surface area contributed by atoms with Gasteiger partial charge >= 0.3 is 0 Å². The number of amides is 1. The molecular formula is C12H15BrFNO3. The molecule has 1 amide bonds. The molecule has 0 spiro atoms. The molecule has 0 aromatic heterocycles. The Morgan fingerprint density at radius 1 is 1.61 bits per heavy atom. The van der Waals surface area contributed by atoms with Crippen LogP contribution in [0.5, 0.6) is 5.75 Å². The average molecular weight is 320 g/mol. The van der Waals surface area contributed by atoms with Crippen LogP contribution in [0.25, 0.3) is 0 Å². The number of hydrogen-bond donors (Lipinski definition) is 2. The van der Waals surface area contributed by atoms with Crippen LogP contribution in [0.1, 0.15) is 13.3 Å². The Labute approximate surface area is 113 Å². The van der Waals surface area contributed by atoms with Crippen molar-refractivity contribution in [2.45, 2.75) is 19.4 Å². The van der Waals surface area contributed by atoms with Crippen LogP contribution in [0, 0.1) is 5.82 Å². The second kappa shape index (κ2) is 7.33. The Morgan fingerprint density at radius 3 is 2.94 bits per heavy atom. The van der Waals surface area contributed by atoms with E-state index in [9.17, 15) is 14.3 Å². The first-order valence-electron chi connectivity index (χ1n) is 5.55. The van der Waals surface area contributed by atoms with Crippen molar-refractivity contribution in [1.82, 2.24) is 5.32 Å². The predicted octanol–water partition coefficient (Wildman–Crippen LogP) is 1.85. The van der Waals surface area contributed by atoms with Gasteiger partial charge in [0.15, 0.2) is 18.2 Å². The van der Waals surface area contributed by atoms with Crippen molar-refractivity contribution in [3.63, 3.8) is 0 Å². The summed E-state index contributed by atoms with van der Waals surface area (Å²) in [5.41, 5.74) is 0. The maximum atomic E-state index is 13.3. The van der Waals surface area contributed by atoms with Gasteiger partial charge < -0.3 is 15.2 Å². The fraction of sp³-hybridized carbons (Fsp3) is 0.417. The van der Waals surface area contributed by atoms with Gasteiger partial charge in [0.05, 0.1) is 6.10 Å². The van der Waals surface area contributed by atoms with Gasteiger partial charge in [0.2, 0.25) is 0 Å². The summed E-state index contributed by atoms with van der Waals surface area (Å²) in [5, 5.41) is 11.7. The first kappa shape index (κ1) is 14.9. The van der Waals surface area contributed by atoms with E-state index >= 15 is 0 Å². The normalized spacial score (nSPS) is 12.0. The summed E-state index contributed by atoms with van der Waals surface area (Å²) < 4.78 is 19.0. The van der Waals surface area contributed by atoms with E-state index in [0.717, 1.165) is 0 Å². The molecule has 0 radical (unpaired) electrons. The first-order valence-corrected chi connectivity index (χ1v) is 6.34. The molecule has 1 aromatic rings.